The van der Waals surface area contributed by atoms with Crippen molar-refractivity contribution in [3.63, 3.8) is 0 Å². The van der Waals surface area contributed by atoms with Crippen molar-refractivity contribution in [3.8, 4) is 5.75 Å². The van der Waals surface area contributed by atoms with E-state index in [1.54, 1.807) is 55.6 Å². The average Bonchev–Trinajstić information content (AvgIpc) is 2.79. The molecule has 0 bridgehead atoms. The molecule has 0 aromatic heterocycles. The standard InChI is InChI=1S/C25H23NO5/c1-16-8-9-17(2)22(14-16)24(28)20-6-4-5-7-21(20)25(29)31-15-23(27)26-18-10-12-19(30-3)13-11-18/h4-14H,15H2,1-3H3,(H,26,27). The molecule has 0 radical (unpaired) electrons. The fourth-order valence-electron chi connectivity index (χ4n) is 3.06. The van der Waals surface area contributed by atoms with Gasteiger partial charge in [-0.15, -0.1) is 0 Å². The van der Waals surface area contributed by atoms with Crippen molar-refractivity contribution in [2.24, 2.45) is 0 Å². The van der Waals surface area contributed by atoms with Crippen LogP contribution in [0.25, 0.3) is 0 Å². The van der Waals surface area contributed by atoms with Gasteiger partial charge in [0.05, 0.1) is 12.7 Å². The van der Waals surface area contributed by atoms with Crippen molar-refractivity contribution in [2.75, 3.05) is 19.0 Å². The molecule has 0 spiro atoms. The second-order valence-electron chi connectivity index (χ2n) is 7.05. The molecule has 6 heteroatoms. The van der Waals surface area contributed by atoms with Crippen LogP contribution in [0.15, 0.2) is 66.7 Å². The van der Waals surface area contributed by atoms with Gasteiger partial charge in [-0.2, -0.15) is 0 Å². The van der Waals surface area contributed by atoms with E-state index >= 15 is 0 Å². The largest absolute Gasteiger partial charge is 0.497 e. The lowest BCUT2D eigenvalue weighted by Crippen LogP contribution is -2.22. The van der Waals surface area contributed by atoms with Gasteiger partial charge in [-0.1, -0.05) is 35.9 Å². The van der Waals surface area contributed by atoms with Crippen molar-refractivity contribution in [1.82, 2.24) is 0 Å². The Balaban J connectivity index is 1.70. The molecule has 6 nitrogen and oxygen atoms in total. The number of benzene rings is 3. The Kier molecular flexibility index (Phi) is 6.82. The summed E-state index contributed by atoms with van der Waals surface area (Å²) < 4.78 is 10.2. The van der Waals surface area contributed by atoms with Crippen LogP contribution in [-0.2, 0) is 9.53 Å². The summed E-state index contributed by atoms with van der Waals surface area (Å²) in [6, 6.07) is 18.8. The fourth-order valence-corrected chi connectivity index (χ4v) is 3.06. The van der Waals surface area contributed by atoms with Gasteiger partial charge in [0.15, 0.2) is 12.4 Å². The van der Waals surface area contributed by atoms with Gasteiger partial charge in [0.25, 0.3) is 5.91 Å². The molecule has 0 aliphatic heterocycles. The summed E-state index contributed by atoms with van der Waals surface area (Å²) in [7, 11) is 1.55. The number of hydrogen-bond donors (Lipinski definition) is 1. The van der Waals surface area contributed by atoms with Gasteiger partial charge in [0.1, 0.15) is 5.75 Å². The maximum Gasteiger partial charge on any atom is 0.339 e. The molecule has 0 atom stereocenters. The molecule has 3 rings (SSSR count). The van der Waals surface area contributed by atoms with Gasteiger partial charge in [0, 0.05) is 16.8 Å². The van der Waals surface area contributed by atoms with Crippen LogP contribution in [0.5, 0.6) is 5.75 Å². The number of esters is 1. The van der Waals surface area contributed by atoms with Gasteiger partial charge in [-0.25, -0.2) is 4.79 Å². The van der Waals surface area contributed by atoms with Crippen LogP contribution in [0.4, 0.5) is 5.69 Å². The number of amides is 1. The van der Waals surface area contributed by atoms with Crippen molar-refractivity contribution in [2.45, 2.75) is 13.8 Å². The van der Waals surface area contributed by atoms with E-state index in [4.69, 9.17) is 9.47 Å². The number of carbonyl (C=O) groups excluding carboxylic acids is 3. The molecule has 0 saturated carbocycles. The van der Waals surface area contributed by atoms with E-state index in [9.17, 15) is 14.4 Å². The SMILES string of the molecule is COc1ccc(NC(=O)COC(=O)c2ccccc2C(=O)c2cc(C)ccc2C)cc1. The molecule has 0 aliphatic carbocycles. The molecule has 0 heterocycles. The molecule has 158 valence electrons. The number of methoxy groups -OCH3 is 1. The van der Waals surface area contributed by atoms with Gasteiger partial charge >= 0.3 is 5.97 Å². The lowest BCUT2D eigenvalue weighted by Gasteiger charge is -2.11. The van der Waals surface area contributed by atoms with Crippen LogP contribution in [0.2, 0.25) is 0 Å². The highest BCUT2D eigenvalue weighted by Crippen LogP contribution is 2.20. The third-order valence-electron chi connectivity index (χ3n) is 4.74. The maximum absolute atomic E-state index is 13.1. The fraction of sp³-hybridized carbons (Fsp3) is 0.160. The van der Waals surface area contributed by atoms with Crippen LogP contribution in [0.3, 0.4) is 0 Å². The predicted molar refractivity (Wildman–Crippen MR) is 118 cm³/mol. The minimum atomic E-state index is -0.737. The van der Waals surface area contributed by atoms with Crippen molar-refractivity contribution in [1.29, 1.82) is 0 Å². The Morgan fingerprint density at radius 3 is 2.19 bits per heavy atom. The Labute approximate surface area is 180 Å². The van der Waals surface area contributed by atoms with E-state index in [0.717, 1.165) is 11.1 Å². The van der Waals surface area contributed by atoms with Crippen molar-refractivity contribution < 1.29 is 23.9 Å². The van der Waals surface area contributed by atoms with Gasteiger partial charge in [-0.3, -0.25) is 9.59 Å². The first kappa shape index (κ1) is 21.8. The second kappa shape index (κ2) is 9.71. The smallest absolute Gasteiger partial charge is 0.339 e. The summed E-state index contributed by atoms with van der Waals surface area (Å²) in [6.45, 7) is 3.27. The van der Waals surface area contributed by atoms with Gasteiger partial charge in [-0.05, 0) is 55.8 Å². The molecular weight excluding hydrogens is 394 g/mol. The molecule has 0 unspecified atom stereocenters. The number of nitrogens with one attached hydrogen (secondary N) is 1. The third-order valence-corrected chi connectivity index (χ3v) is 4.74. The Morgan fingerprint density at radius 1 is 0.839 bits per heavy atom. The number of carbonyl (C=O) groups is 3. The van der Waals surface area contributed by atoms with Gasteiger partial charge < -0.3 is 14.8 Å². The number of hydrogen-bond acceptors (Lipinski definition) is 5. The molecular formula is C25H23NO5. The van der Waals surface area contributed by atoms with E-state index in [1.165, 1.54) is 6.07 Å². The molecule has 31 heavy (non-hydrogen) atoms. The molecule has 0 saturated heterocycles. The molecule has 3 aromatic rings. The number of anilines is 1. The van der Waals surface area contributed by atoms with Crippen LogP contribution in [0, 0.1) is 13.8 Å². The highest BCUT2D eigenvalue weighted by Gasteiger charge is 2.21. The highest BCUT2D eigenvalue weighted by atomic mass is 16.5. The normalized spacial score (nSPS) is 10.3. The van der Waals surface area contributed by atoms with Crippen LogP contribution >= 0.6 is 0 Å². The topological polar surface area (TPSA) is 81.7 Å². The lowest BCUT2D eigenvalue weighted by molar-refractivity contribution is -0.119. The quantitative estimate of drug-likeness (QED) is 0.457. The van der Waals surface area contributed by atoms with Crippen LogP contribution < -0.4 is 10.1 Å². The molecule has 1 amide bonds. The number of ether oxygens (including phenoxy) is 2. The number of aryl methyl sites for hydroxylation is 2. The van der Waals surface area contributed by atoms with Crippen LogP contribution in [0.1, 0.15) is 37.4 Å². The van der Waals surface area contributed by atoms with E-state index in [0.29, 0.717) is 17.0 Å². The first-order chi connectivity index (χ1) is 14.9. The molecule has 0 aliphatic rings. The van der Waals surface area contributed by atoms with E-state index in [-0.39, 0.29) is 16.9 Å². The Hall–Kier alpha value is -3.93. The lowest BCUT2D eigenvalue weighted by atomic mass is 9.94. The van der Waals surface area contributed by atoms with E-state index in [2.05, 4.69) is 5.32 Å². The average molecular weight is 417 g/mol. The van der Waals surface area contributed by atoms with Crippen molar-refractivity contribution in [3.05, 3.63) is 94.5 Å². The molecule has 1 N–H and O–H groups in total. The van der Waals surface area contributed by atoms with Crippen LogP contribution in [-0.4, -0.2) is 31.4 Å². The van der Waals surface area contributed by atoms with E-state index < -0.39 is 18.5 Å². The zero-order chi connectivity index (χ0) is 22.4. The zero-order valence-corrected chi connectivity index (χ0v) is 17.6. The highest BCUT2D eigenvalue weighted by molar-refractivity contribution is 6.15. The second-order valence-corrected chi connectivity index (χ2v) is 7.05. The zero-order valence-electron chi connectivity index (χ0n) is 17.6. The summed E-state index contributed by atoms with van der Waals surface area (Å²) in [5.41, 5.74) is 3.19. The Bertz CT molecular complexity index is 1120. The number of rotatable bonds is 7. The summed E-state index contributed by atoms with van der Waals surface area (Å²) in [6.07, 6.45) is 0. The predicted octanol–water partition coefficient (Wildman–Crippen LogP) is 4.34. The maximum atomic E-state index is 13.1. The summed E-state index contributed by atoms with van der Waals surface area (Å²) >= 11 is 0. The van der Waals surface area contributed by atoms with Gasteiger partial charge in [0.2, 0.25) is 0 Å². The first-order valence-corrected chi connectivity index (χ1v) is 9.71. The third kappa shape index (κ3) is 5.36. The molecule has 3 aromatic carbocycles. The van der Waals surface area contributed by atoms with Crippen molar-refractivity contribution >= 4 is 23.3 Å². The van der Waals surface area contributed by atoms with E-state index in [1.807, 2.05) is 26.0 Å². The monoisotopic (exact) mass is 417 g/mol. The minimum absolute atomic E-state index is 0.116. The minimum Gasteiger partial charge on any atom is -0.497 e. The molecule has 0 fully saturated rings. The summed E-state index contributed by atoms with van der Waals surface area (Å²) in [5.74, 6) is -0.832. The Morgan fingerprint density at radius 2 is 1.52 bits per heavy atom. The first-order valence-electron chi connectivity index (χ1n) is 9.71. The summed E-state index contributed by atoms with van der Waals surface area (Å²) in [4.78, 5) is 37.8. The number of ketones is 1. The summed E-state index contributed by atoms with van der Waals surface area (Å²) in [5, 5.41) is 2.64.